The highest BCUT2D eigenvalue weighted by molar-refractivity contribution is 5.42. The molecule has 1 aromatic carbocycles. The minimum absolute atomic E-state index is 0.0699. The summed E-state index contributed by atoms with van der Waals surface area (Å²) in [6.45, 7) is 9.96. The predicted molar refractivity (Wildman–Crippen MR) is 70.6 cm³/mol. The van der Waals surface area contributed by atoms with Crippen molar-refractivity contribution in [3.8, 4) is 11.5 Å². The Labute approximate surface area is 104 Å². The van der Waals surface area contributed by atoms with Gasteiger partial charge in [0.25, 0.3) is 0 Å². The summed E-state index contributed by atoms with van der Waals surface area (Å²) in [5.41, 5.74) is 6.94. The van der Waals surface area contributed by atoms with Crippen molar-refractivity contribution in [1.82, 2.24) is 0 Å². The van der Waals surface area contributed by atoms with E-state index in [9.17, 15) is 0 Å². The molecule has 0 fully saturated rings. The van der Waals surface area contributed by atoms with Crippen molar-refractivity contribution in [1.29, 1.82) is 0 Å². The van der Waals surface area contributed by atoms with Crippen LogP contribution in [-0.4, -0.2) is 12.2 Å². The van der Waals surface area contributed by atoms with Crippen LogP contribution < -0.4 is 15.2 Å². The van der Waals surface area contributed by atoms with Gasteiger partial charge in [-0.15, -0.1) is 0 Å². The molecule has 3 nitrogen and oxygen atoms in total. The lowest BCUT2D eigenvalue weighted by Crippen LogP contribution is -2.13. The first-order chi connectivity index (χ1) is 7.90. The van der Waals surface area contributed by atoms with Gasteiger partial charge in [0, 0.05) is 11.6 Å². The largest absolute Gasteiger partial charge is 0.491 e. The lowest BCUT2D eigenvalue weighted by Gasteiger charge is -2.18. The first-order valence-corrected chi connectivity index (χ1v) is 6.13. The zero-order valence-corrected chi connectivity index (χ0v) is 11.4. The zero-order valence-electron chi connectivity index (χ0n) is 11.4. The zero-order chi connectivity index (χ0) is 13.0. The maximum absolute atomic E-state index is 5.95. The number of hydrogen-bond donors (Lipinski definition) is 1. The van der Waals surface area contributed by atoms with E-state index < -0.39 is 0 Å². The molecule has 0 aliphatic heterocycles. The molecular formula is C14H23NO2. The third-order valence-electron chi connectivity index (χ3n) is 2.21. The quantitative estimate of drug-likeness (QED) is 0.854. The van der Waals surface area contributed by atoms with Crippen LogP contribution in [0.2, 0.25) is 0 Å². The molecule has 0 spiro atoms. The molecule has 3 heteroatoms. The van der Waals surface area contributed by atoms with E-state index in [1.807, 2.05) is 52.8 Å². The van der Waals surface area contributed by atoms with Crippen molar-refractivity contribution in [3.63, 3.8) is 0 Å². The molecule has 0 saturated heterocycles. The third kappa shape index (κ3) is 4.27. The van der Waals surface area contributed by atoms with Gasteiger partial charge in [0.1, 0.15) is 11.5 Å². The Balaban J connectivity index is 2.99. The Morgan fingerprint density at radius 2 is 1.53 bits per heavy atom. The van der Waals surface area contributed by atoms with E-state index in [2.05, 4.69) is 0 Å². The number of hydrogen-bond acceptors (Lipinski definition) is 3. The molecule has 17 heavy (non-hydrogen) atoms. The summed E-state index contributed by atoms with van der Waals surface area (Å²) in [6, 6.07) is 5.74. The van der Waals surface area contributed by atoms with E-state index in [1.54, 1.807) is 0 Å². The van der Waals surface area contributed by atoms with Gasteiger partial charge >= 0.3 is 0 Å². The minimum atomic E-state index is -0.0699. The Morgan fingerprint density at radius 1 is 0.941 bits per heavy atom. The van der Waals surface area contributed by atoms with Crippen molar-refractivity contribution < 1.29 is 9.47 Å². The fourth-order valence-electron chi connectivity index (χ4n) is 1.59. The molecule has 1 unspecified atom stereocenters. The van der Waals surface area contributed by atoms with Crippen molar-refractivity contribution in [2.24, 2.45) is 5.73 Å². The molecule has 1 aromatic rings. The summed E-state index contributed by atoms with van der Waals surface area (Å²) in [5, 5.41) is 0. The smallest absolute Gasteiger partial charge is 0.124 e. The van der Waals surface area contributed by atoms with Gasteiger partial charge < -0.3 is 15.2 Å². The third-order valence-corrected chi connectivity index (χ3v) is 2.21. The average Bonchev–Trinajstić information content (AvgIpc) is 2.18. The molecule has 0 radical (unpaired) electrons. The highest BCUT2D eigenvalue weighted by atomic mass is 16.5. The van der Waals surface area contributed by atoms with Crippen LogP contribution in [0.4, 0.5) is 0 Å². The van der Waals surface area contributed by atoms with E-state index in [4.69, 9.17) is 15.2 Å². The fraction of sp³-hybridized carbons (Fsp3) is 0.571. The summed E-state index contributed by atoms with van der Waals surface area (Å²) < 4.78 is 11.4. The number of rotatable bonds is 5. The lowest BCUT2D eigenvalue weighted by molar-refractivity contribution is 0.232. The summed E-state index contributed by atoms with van der Waals surface area (Å²) in [7, 11) is 0. The monoisotopic (exact) mass is 237 g/mol. The van der Waals surface area contributed by atoms with E-state index in [0.717, 1.165) is 17.1 Å². The summed E-state index contributed by atoms with van der Waals surface area (Å²) in [4.78, 5) is 0. The van der Waals surface area contributed by atoms with Crippen LogP contribution in [0.3, 0.4) is 0 Å². The van der Waals surface area contributed by atoms with Gasteiger partial charge in [0.2, 0.25) is 0 Å². The lowest BCUT2D eigenvalue weighted by atomic mass is 10.1. The van der Waals surface area contributed by atoms with Gasteiger partial charge in [-0.3, -0.25) is 0 Å². The second-order valence-corrected chi connectivity index (χ2v) is 4.82. The Bertz CT molecular complexity index is 359. The Hall–Kier alpha value is -1.22. The molecule has 0 saturated carbocycles. The summed E-state index contributed by atoms with van der Waals surface area (Å²) in [6.07, 6.45) is 0.303. The SMILES string of the molecule is CC(C)Oc1ccc(OC(C)C)c(C(C)N)c1. The van der Waals surface area contributed by atoms with Crippen LogP contribution in [0.5, 0.6) is 11.5 Å². The molecule has 1 atom stereocenters. The molecule has 1 rings (SSSR count). The van der Waals surface area contributed by atoms with Crippen LogP contribution in [-0.2, 0) is 0 Å². The topological polar surface area (TPSA) is 44.5 Å². The molecule has 96 valence electrons. The molecular weight excluding hydrogens is 214 g/mol. The van der Waals surface area contributed by atoms with Crippen molar-refractivity contribution in [2.75, 3.05) is 0 Å². The van der Waals surface area contributed by atoms with Crippen LogP contribution >= 0.6 is 0 Å². The average molecular weight is 237 g/mol. The first kappa shape index (κ1) is 13.8. The minimum Gasteiger partial charge on any atom is -0.491 e. The van der Waals surface area contributed by atoms with Crippen molar-refractivity contribution >= 4 is 0 Å². The Morgan fingerprint density at radius 3 is 2.00 bits per heavy atom. The molecule has 0 aliphatic carbocycles. The molecule has 0 heterocycles. The maximum atomic E-state index is 5.95. The first-order valence-electron chi connectivity index (χ1n) is 6.13. The molecule has 0 bridgehead atoms. The second-order valence-electron chi connectivity index (χ2n) is 4.82. The molecule has 0 aromatic heterocycles. The Kier molecular flexibility index (Phi) is 4.82. The maximum Gasteiger partial charge on any atom is 0.124 e. The number of nitrogens with two attached hydrogens (primary N) is 1. The van der Waals surface area contributed by atoms with Gasteiger partial charge in [-0.2, -0.15) is 0 Å². The van der Waals surface area contributed by atoms with Crippen LogP contribution in [0.25, 0.3) is 0 Å². The standard InChI is InChI=1S/C14H23NO2/c1-9(2)16-12-6-7-14(17-10(3)4)13(8-12)11(5)15/h6-11H,15H2,1-5H3. The fourth-order valence-corrected chi connectivity index (χ4v) is 1.59. The van der Waals surface area contributed by atoms with Gasteiger partial charge in [-0.1, -0.05) is 0 Å². The van der Waals surface area contributed by atoms with E-state index in [1.165, 1.54) is 0 Å². The molecule has 0 aliphatic rings. The molecule has 0 amide bonds. The van der Waals surface area contributed by atoms with Crippen LogP contribution in [0, 0.1) is 0 Å². The van der Waals surface area contributed by atoms with Gasteiger partial charge in [-0.05, 0) is 52.8 Å². The number of benzene rings is 1. The van der Waals surface area contributed by atoms with Crippen molar-refractivity contribution in [2.45, 2.75) is 52.9 Å². The molecule has 2 N–H and O–H groups in total. The van der Waals surface area contributed by atoms with Gasteiger partial charge in [-0.25, -0.2) is 0 Å². The second kappa shape index (κ2) is 5.92. The van der Waals surface area contributed by atoms with Gasteiger partial charge in [0.05, 0.1) is 12.2 Å². The van der Waals surface area contributed by atoms with E-state index in [0.29, 0.717) is 0 Å². The normalized spacial score (nSPS) is 12.9. The van der Waals surface area contributed by atoms with Crippen LogP contribution in [0.1, 0.15) is 46.2 Å². The summed E-state index contributed by atoms with van der Waals surface area (Å²) in [5.74, 6) is 1.68. The predicted octanol–water partition coefficient (Wildman–Crippen LogP) is 3.28. The summed E-state index contributed by atoms with van der Waals surface area (Å²) >= 11 is 0. The van der Waals surface area contributed by atoms with Gasteiger partial charge in [0.15, 0.2) is 0 Å². The van der Waals surface area contributed by atoms with E-state index >= 15 is 0 Å². The van der Waals surface area contributed by atoms with E-state index in [-0.39, 0.29) is 18.2 Å². The highest BCUT2D eigenvalue weighted by Crippen LogP contribution is 2.29. The van der Waals surface area contributed by atoms with Crippen LogP contribution in [0.15, 0.2) is 18.2 Å². The number of ether oxygens (including phenoxy) is 2. The van der Waals surface area contributed by atoms with Crippen molar-refractivity contribution in [3.05, 3.63) is 23.8 Å². The highest BCUT2D eigenvalue weighted by Gasteiger charge is 2.11.